The van der Waals surface area contributed by atoms with Crippen LogP contribution in [0.25, 0.3) is 0 Å². The van der Waals surface area contributed by atoms with Crippen LogP contribution in [0, 0.1) is 0 Å². The lowest BCUT2D eigenvalue weighted by atomic mass is 10.2. The average molecular weight is 327 g/mol. The number of nitrogens with zero attached hydrogens (tertiary/aromatic N) is 1. The van der Waals surface area contributed by atoms with E-state index in [-0.39, 0.29) is 25.3 Å². The van der Waals surface area contributed by atoms with Crippen molar-refractivity contribution >= 4 is 22.0 Å². The number of sulfonamides is 1. The van der Waals surface area contributed by atoms with E-state index in [2.05, 4.69) is 4.74 Å². The van der Waals surface area contributed by atoms with Crippen molar-refractivity contribution in [2.75, 3.05) is 19.4 Å². The third-order valence-electron chi connectivity index (χ3n) is 3.33. The van der Waals surface area contributed by atoms with Crippen LogP contribution in [0.1, 0.15) is 12.0 Å². The Hall–Kier alpha value is -1.93. The predicted octanol–water partition coefficient (Wildman–Crippen LogP) is 0.307. The van der Waals surface area contributed by atoms with Crippen molar-refractivity contribution in [2.45, 2.75) is 19.1 Å². The van der Waals surface area contributed by atoms with E-state index in [1.54, 1.807) is 0 Å². The van der Waals surface area contributed by atoms with Gasteiger partial charge in [-0.2, -0.15) is 4.31 Å². The van der Waals surface area contributed by atoms with E-state index in [9.17, 15) is 18.0 Å². The topological polar surface area (TPSA) is 90.0 Å². The second-order valence-electron chi connectivity index (χ2n) is 4.90. The van der Waals surface area contributed by atoms with Crippen LogP contribution in [-0.2, 0) is 35.7 Å². The standard InChI is InChI=1S/C14H17NO6S/c1-20-14(17)8-15-12(10-22(15,18)19)7-13(16)21-9-11-5-3-2-4-6-11/h2-6,12H,7-10H2,1H3. The van der Waals surface area contributed by atoms with Gasteiger partial charge in [-0.3, -0.25) is 9.59 Å². The highest BCUT2D eigenvalue weighted by atomic mass is 32.2. The molecule has 0 amide bonds. The van der Waals surface area contributed by atoms with E-state index in [1.165, 1.54) is 7.11 Å². The van der Waals surface area contributed by atoms with Gasteiger partial charge in [-0.1, -0.05) is 30.3 Å². The third kappa shape index (κ3) is 4.05. The van der Waals surface area contributed by atoms with Gasteiger partial charge in [0.2, 0.25) is 10.0 Å². The summed E-state index contributed by atoms with van der Waals surface area (Å²) >= 11 is 0. The molecule has 120 valence electrons. The van der Waals surface area contributed by atoms with Crippen molar-refractivity contribution in [1.29, 1.82) is 0 Å². The van der Waals surface area contributed by atoms with Gasteiger partial charge in [-0.25, -0.2) is 8.42 Å². The van der Waals surface area contributed by atoms with Crippen molar-refractivity contribution in [2.24, 2.45) is 0 Å². The number of ether oxygens (including phenoxy) is 2. The molecule has 1 atom stereocenters. The fraction of sp³-hybridized carbons (Fsp3) is 0.429. The highest BCUT2D eigenvalue weighted by molar-refractivity contribution is 7.90. The van der Waals surface area contributed by atoms with Gasteiger partial charge in [-0.05, 0) is 5.56 Å². The molecule has 0 bridgehead atoms. The van der Waals surface area contributed by atoms with Gasteiger partial charge in [0.05, 0.1) is 25.3 Å². The van der Waals surface area contributed by atoms with Gasteiger partial charge in [0, 0.05) is 0 Å². The normalized spacial score (nSPS) is 20.0. The van der Waals surface area contributed by atoms with Crippen molar-refractivity contribution in [3.05, 3.63) is 35.9 Å². The number of benzene rings is 1. The summed E-state index contributed by atoms with van der Waals surface area (Å²) in [5, 5.41) is 0. The Labute approximate surface area is 128 Å². The fourth-order valence-corrected chi connectivity index (χ4v) is 3.76. The van der Waals surface area contributed by atoms with E-state index >= 15 is 0 Å². The molecule has 1 aliphatic heterocycles. The SMILES string of the molecule is COC(=O)CN1C(CC(=O)OCc2ccccc2)CS1(=O)=O. The van der Waals surface area contributed by atoms with Crippen LogP contribution in [0.15, 0.2) is 30.3 Å². The Kier molecular flexibility index (Phi) is 5.15. The van der Waals surface area contributed by atoms with Crippen molar-refractivity contribution < 1.29 is 27.5 Å². The maximum absolute atomic E-state index is 11.8. The van der Waals surface area contributed by atoms with E-state index in [0.29, 0.717) is 0 Å². The Bertz CT molecular complexity index is 643. The summed E-state index contributed by atoms with van der Waals surface area (Å²) in [5.41, 5.74) is 0.850. The Morgan fingerprint density at radius 3 is 2.50 bits per heavy atom. The summed E-state index contributed by atoms with van der Waals surface area (Å²) < 4.78 is 33.7. The third-order valence-corrected chi connectivity index (χ3v) is 5.27. The second-order valence-corrected chi connectivity index (χ2v) is 6.87. The molecule has 1 aliphatic rings. The van der Waals surface area contributed by atoms with Crippen LogP contribution in [0.4, 0.5) is 0 Å². The molecule has 0 N–H and O–H groups in total. The molecule has 1 unspecified atom stereocenters. The largest absolute Gasteiger partial charge is 0.468 e. The van der Waals surface area contributed by atoms with Gasteiger partial charge >= 0.3 is 11.9 Å². The summed E-state index contributed by atoms with van der Waals surface area (Å²) in [6.07, 6.45) is -0.0803. The predicted molar refractivity (Wildman–Crippen MR) is 77.2 cm³/mol. The molecule has 1 aromatic rings. The lowest BCUT2D eigenvalue weighted by molar-refractivity contribution is -0.147. The molecule has 8 heteroatoms. The van der Waals surface area contributed by atoms with E-state index in [0.717, 1.165) is 9.87 Å². The van der Waals surface area contributed by atoms with Crippen LogP contribution in [-0.4, -0.2) is 50.1 Å². The molecule has 0 radical (unpaired) electrons. The van der Waals surface area contributed by atoms with Gasteiger partial charge < -0.3 is 9.47 Å². The minimum atomic E-state index is -3.46. The Morgan fingerprint density at radius 1 is 1.23 bits per heavy atom. The quantitative estimate of drug-likeness (QED) is 0.698. The van der Waals surface area contributed by atoms with Crippen LogP contribution >= 0.6 is 0 Å². The van der Waals surface area contributed by atoms with Crippen molar-refractivity contribution in [3.63, 3.8) is 0 Å². The number of hydrogen-bond donors (Lipinski definition) is 0. The highest BCUT2D eigenvalue weighted by Crippen LogP contribution is 2.24. The second kappa shape index (κ2) is 6.89. The maximum atomic E-state index is 11.8. The minimum absolute atomic E-state index is 0.0803. The average Bonchev–Trinajstić information content (AvgIpc) is 2.50. The molecule has 1 aromatic carbocycles. The molecule has 1 heterocycles. The molecule has 0 aliphatic carbocycles. The highest BCUT2D eigenvalue weighted by Gasteiger charge is 2.45. The molecule has 0 saturated carbocycles. The lowest BCUT2D eigenvalue weighted by Gasteiger charge is -2.38. The Balaban J connectivity index is 1.84. The molecular formula is C14H17NO6S. The summed E-state index contributed by atoms with van der Waals surface area (Å²) in [5.74, 6) is -1.32. The molecule has 1 fully saturated rings. The van der Waals surface area contributed by atoms with Crippen LogP contribution in [0.5, 0.6) is 0 Å². The zero-order valence-corrected chi connectivity index (χ0v) is 12.9. The van der Waals surface area contributed by atoms with Gasteiger partial charge in [0.1, 0.15) is 13.2 Å². The summed E-state index contributed by atoms with van der Waals surface area (Å²) in [6, 6.07) is 8.62. The zero-order valence-electron chi connectivity index (χ0n) is 12.1. The first-order chi connectivity index (χ1) is 10.4. The zero-order chi connectivity index (χ0) is 16.2. The Morgan fingerprint density at radius 2 is 1.91 bits per heavy atom. The van der Waals surface area contributed by atoms with Gasteiger partial charge in [-0.15, -0.1) is 0 Å². The first-order valence-corrected chi connectivity index (χ1v) is 8.29. The van der Waals surface area contributed by atoms with E-state index in [1.807, 2.05) is 30.3 Å². The minimum Gasteiger partial charge on any atom is -0.468 e. The number of hydrogen-bond acceptors (Lipinski definition) is 6. The first kappa shape index (κ1) is 16.4. The van der Waals surface area contributed by atoms with E-state index in [4.69, 9.17) is 4.74 Å². The van der Waals surface area contributed by atoms with Crippen LogP contribution < -0.4 is 0 Å². The molecule has 2 rings (SSSR count). The number of rotatable bonds is 6. The molecule has 22 heavy (non-hydrogen) atoms. The first-order valence-electron chi connectivity index (χ1n) is 6.68. The molecule has 0 aromatic heterocycles. The van der Waals surface area contributed by atoms with Crippen molar-refractivity contribution in [3.8, 4) is 0 Å². The smallest absolute Gasteiger partial charge is 0.321 e. The molecule has 1 saturated heterocycles. The molecular weight excluding hydrogens is 310 g/mol. The van der Waals surface area contributed by atoms with E-state index < -0.39 is 28.0 Å². The van der Waals surface area contributed by atoms with Crippen molar-refractivity contribution in [1.82, 2.24) is 4.31 Å². The van der Waals surface area contributed by atoms with Crippen LogP contribution in [0.3, 0.4) is 0 Å². The number of methoxy groups -OCH3 is 1. The maximum Gasteiger partial charge on any atom is 0.321 e. The molecule has 7 nitrogen and oxygen atoms in total. The number of carbonyl (C=O) groups is 2. The number of esters is 2. The van der Waals surface area contributed by atoms with Gasteiger partial charge in [0.15, 0.2) is 0 Å². The monoisotopic (exact) mass is 327 g/mol. The number of carbonyl (C=O) groups excluding carboxylic acids is 2. The summed E-state index contributed by atoms with van der Waals surface area (Å²) in [4.78, 5) is 23.0. The van der Waals surface area contributed by atoms with Gasteiger partial charge in [0.25, 0.3) is 0 Å². The fourth-order valence-electron chi connectivity index (χ4n) is 2.13. The summed E-state index contributed by atoms with van der Waals surface area (Å²) in [6.45, 7) is -0.244. The molecule has 0 spiro atoms. The summed E-state index contributed by atoms with van der Waals surface area (Å²) in [7, 11) is -2.29. The lowest BCUT2D eigenvalue weighted by Crippen LogP contribution is -2.58. The van der Waals surface area contributed by atoms with Crippen LogP contribution in [0.2, 0.25) is 0 Å².